The van der Waals surface area contributed by atoms with Crippen LogP contribution in [-0.2, 0) is 14.6 Å². The standard InChI is InChI=1S/C14H27NO3S/c1-3-9-15-12-6-4-5-7-14(12)19(16,17)13-8-10-18-11(13)2/h11-15H,3-10H2,1-2H3. The molecular weight excluding hydrogens is 262 g/mol. The van der Waals surface area contributed by atoms with Crippen molar-refractivity contribution in [2.45, 2.75) is 75.0 Å². The Kier molecular flexibility index (Phi) is 5.26. The Morgan fingerprint density at radius 3 is 2.53 bits per heavy atom. The minimum atomic E-state index is -3.08. The third-order valence-corrected chi connectivity index (χ3v) is 7.38. The van der Waals surface area contributed by atoms with Crippen LogP contribution in [0.2, 0.25) is 0 Å². The molecule has 1 N–H and O–H groups in total. The third-order valence-electron chi connectivity index (χ3n) is 4.51. The van der Waals surface area contributed by atoms with Crippen LogP contribution in [-0.4, -0.2) is 44.2 Å². The van der Waals surface area contributed by atoms with Gasteiger partial charge in [0, 0.05) is 12.6 Å². The van der Waals surface area contributed by atoms with Gasteiger partial charge in [-0.05, 0) is 39.2 Å². The lowest BCUT2D eigenvalue weighted by atomic mass is 9.95. The molecule has 4 atom stereocenters. The Labute approximate surface area is 117 Å². The van der Waals surface area contributed by atoms with Crippen molar-refractivity contribution in [2.75, 3.05) is 13.2 Å². The molecule has 0 aromatic rings. The fourth-order valence-corrected chi connectivity index (χ4v) is 6.09. The summed E-state index contributed by atoms with van der Waals surface area (Å²) in [7, 11) is -3.08. The van der Waals surface area contributed by atoms with Crippen LogP contribution in [0.5, 0.6) is 0 Å². The van der Waals surface area contributed by atoms with E-state index in [0.717, 1.165) is 38.6 Å². The van der Waals surface area contributed by atoms with Crippen LogP contribution in [0.4, 0.5) is 0 Å². The molecule has 0 aromatic heterocycles. The average Bonchev–Trinajstić information content (AvgIpc) is 2.83. The molecule has 1 heterocycles. The van der Waals surface area contributed by atoms with Crippen molar-refractivity contribution in [3.05, 3.63) is 0 Å². The maximum atomic E-state index is 12.9. The Balaban J connectivity index is 2.11. The van der Waals surface area contributed by atoms with Crippen LogP contribution in [0.3, 0.4) is 0 Å². The summed E-state index contributed by atoms with van der Waals surface area (Å²) in [6.45, 7) is 5.51. The first-order chi connectivity index (χ1) is 9.07. The van der Waals surface area contributed by atoms with Gasteiger partial charge in [-0.2, -0.15) is 0 Å². The maximum Gasteiger partial charge on any atom is 0.160 e. The van der Waals surface area contributed by atoms with E-state index in [1.807, 2.05) is 6.92 Å². The van der Waals surface area contributed by atoms with Crippen LogP contribution in [0.15, 0.2) is 0 Å². The van der Waals surface area contributed by atoms with E-state index < -0.39 is 9.84 Å². The second-order valence-electron chi connectivity index (χ2n) is 5.88. The summed E-state index contributed by atoms with van der Waals surface area (Å²) in [6, 6.07) is 0.145. The van der Waals surface area contributed by atoms with Crippen molar-refractivity contribution in [1.82, 2.24) is 5.32 Å². The zero-order chi connectivity index (χ0) is 13.9. The second kappa shape index (κ2) is 6.55. The number of ether oxygens (including phenoxy) is 1. The molecule has 0 aromatic carbocycles. The predicted octanol–water partition coefficient (Wildman–Crippen LogP) is 1.89. The van der Waals surface area contributed by atoms with E-state index in [1.54, 1.807) is 0 Å². The molecule has 1 aliphatic heterocycles. The lowest BCUT2D eigenvalue weighted by Crippen LogP contribution is -2.50. The molecule has 5 heteroatoms. The molecule has 0 spiro atoms. The van der Waals surface area contributed by atoms with Crippen molar-refractivity contribution >= 4 is 9.84 Å². The van der Waals surface area contributed by atoms with Gasteiger partial charge in [-0.1, -0.05) is 19.8 Å². The molecule has 0 bridgehead atoms. The summed E-state index contributed by atoms with van der Waals surface area (Å²) in [5.74, 6) is 0. The highest BCUT2D eigenvalue weighted by molar-refractivity contribution is 7.92. The first-order valence-electron chi connectivity index (χ1n) is 7.65. The van der Waals surface area contributed by atoms with Crippen LogP contribution < -0.4 is 5.32 Å². The van der Waals surface area contributed by atoms with Crippen LogP contribution >= 0.6 is 0 Å². The maximum absolute atomic E-state index is 12.9. The van der Waals surface area contributed by atoms with Crippen molar-refractivity contribution < 1.29 is 13.2 Å². The number of rotatable bonds is 5. The Bertz CT molecular complexity index is 382. The molecular formula is C14H27NO3S. The number of hydrogen-bond acceptors (Lipinski definition) is 4. The van der Waals surface area contributed by atoms with Gasteiger partial charge in [-0.3, -0.25) is 0 Å². The van der Waals surface area contributed by atoms with E-state index in [0.29, 0.717) is 13.0 Å². The first-order valence-corrected chi connectivity index (χ1v) is 9.26. The zero-order valence-electron chi connectivity index (χ0n) is 12.1. The van der Waals surface area contributed by atoms with E-state index >= 15 is 0 Å². The highest BCUT2D eigenvalue weighted by Gasteiger charge is 2.44. The summed E-state index contributed by atoms with van der Waals surface area (Å²) in [4.78, 5) is 0. The molecule has 0 radical (unpaired) electrons. The van der Waals surface area contributed by atoms with Gasteiger partial charge in [0.15, 0.2) is 9.84 Å². The van der Waals surface area contributed by atoms with E-state index in [1.165, 1.54) is 0 Å². The molecule has 1 saturated carbocycles. The SMILES string of the molecule is CCCNC1CCCCC1S(=O)(=O)C1CCOC1C. The molecule has 1 aliphatic carbocycles. The van der Waals surface area contributed by atoms with E-state index in [-0.39, 0.29) is 22.6 Å². The van der Waals surface area contributed by atoms with Gasteiger partial charge in [0.25, 0.3) is 0 Å². The molecule has 2 fully saturated rings. The second-order valence-corrected chi connectivity index (χ2v) is 8.26. The first kappa shape index (κ1) is 15.3. The minimum absolute atomic E-state index is 0.140. The van der Waals surface area contributed by atoms with Crippen molar-refractivity contribution in [3.63, 3.8) is 0 Å². The van der Waals surface area contributed by atoms with Crippen molar-refractivity contribution in [2.24, 2.45) is 0 Å². The lowest BCUT2D eigenvalue weighted by Gasteiger charge is -2.34. The number of hydrogen-bond donors (Lipinski definition) is 1. The largest absolute Gasteiger partial charge is 0.377 e. The average molecular weight is 289 g/mol. The van der Waals surface area contributed by atoms with E-state index in [9.17, 15) is 8.42 Å². The lowest BCUT2D eigenvalue weighted by molar-refractivity contribution is 0.126. The van der Waals surface area contributed by atoms with Crippen LogP contribution in [0.25, 0.3) is 0 Å². The van der Waals surface area contributed by atoms with Gasteiger partial charge >= 0.3 is 0 Å². The number of nitrogens with one attached hydrogen (secondary N) is 1. The fraction of sp³-hybridized carbons (Fsp3) is 1.00. The Hall–Kier alpha value is -0.130. The molecule has 1 saturated heterocycles. The molecule has 2 rings (SSSR count). The third kappa shape index (κ3) is 3.31. The smallest absolute Gasteiger partial charge is 0.160 e. The predicted molar refractivity (Wildman–Crippen MR) is 77.1 cm³/mol. The summed E-state index contributed by atoms with van der Waals surface area (Å²) in [5, 5.41) is 2.95. The summed E-state index contributed by atoms with van der Waals surface area (Å²) < 4.78 is 31.2. The zero-order valence-corrected chi connectivity index (χ0v) is 12.9. The minimum Gasteiger partial charge on any atom is -0.377 e. The van der Waals surface area contributed by atoms with Gasteiger partial charge in [-0.25, -0.2) is 8.42 Å². The molecule has 19 heavy (non-hydrogen) atoms. The van der Waals surface area contributed by atoms with Crippen LogP contribution in [0, 0.1) is 0 Å². The summed E-state index contributed by atoms with van der Waals surface area (Å²) >= 11 is 0. The quantitative estimate of drug-likeness (QED) is 0.840. The fourth-order valence-electron chi connectivity index (χ4n) is 3.42. The normalized spacial score (nSPS) is 36.5. The molecule has 112 valence electrons. The van der Waals surface area contributed by atoms with Gasteiger partial charge < -0.3 is 10.1 Å². The topological polar surface area (TPSA) is 55.4 Å². The summed E-state index contributed by atoms with van der Waals surface area (Å²) in [5.41, 5.74) is 0. The Morgan fingerprint density at radius 2 is 1.89 bits per heavy atom. The Morgan fingerprint density at radius 1 is 1.16 bits per heavy atom. The van der Waals surface area contributed by atoms with E-state index in [4.69, 9.17) is 4.74 Å². The monoisotopic (exact) mass is 289 g/mol. The molecule has 0 amide bonds. The number of sulfone groups is 1. The molecule has 2 aliphatic rings. The highest BCUT2D eigenvalue weighted by Crippen LogP contribution is 2.31. The van der Waals surface area contributed by atoms with E-state index in [2.05, 4.69) is 12.2 Å². The van der Waals surface area contributed by atoms with Crippen LogP contribution in [0.1, 0.15) is 52.4 Å². The highest BCUT2D eigenvalue weighted by atomic mass is 32.2. The van der Waals surface area contributed by atoms with Crippen molar-refractivity contribution in [1.29, 1.82) is 0 Å². The molecule has 4 unspecified atom stereocenters. The van der Waals surface area contributed by atoms with Gasteiger partial charge in [-0.15, -0.1) is 0 Å². The summed E-state index contributed by atoms with van der Waals surface area (Å²) in [6.07, 6.45) is 5.56. The van der Waals surface area contributed by atoms with Crippen molar-refractivity contribution in [3.8, 4) is 0 Å². The van der Waals surface area contributed by atoms with Gasteiger partial charge in [0.2, 0.25) is 0 Å². The van der Waals surface area contributed by atoms with Gasteiger partial charge in [0.1, 0.15) is 0 Å². The molecule has 4 nitrogen and oxygen atoms in total. The van der Waals surface area contributed by atoms with Gasteiger partial charge in [0.05, 0.1) is 16.6 Å².